The maximum Gasteiger partial charge on any atom is 0.227 e. The Morgan fingerprint density at radius 1 is 1.18 bits per heavy atom. The Kier molecular flexibility index (Phi) is 4.36. The number of hydrogen-bond donors (Lipinski definition) is 0. The molecule has 7 heteroatoms. The summed E-state index contributed by atoms with van der Waals surface area (Å²) < 4.78 is 1.24. The van der Waals surface area contributed by atoms with Crippen LogP contribution < -0.4 is 4.90 Å². The molecule has 1 spiro atoms. The second kappa shape index (κ2) is 6.90. The molecule has 0 N–H and O–H groups in total. The normalized spacial score (nSPS) is 20.9. The molecular weight excluding hydrogens is 370 g/mol. The first-order chi connectivity index (χ1) is 13.6. The van der Waals surface area contributed by atoms with Crippen molar-refractivity contribution >= 4 is 33.1 Å². The summed E-state index contributed by atoms with van der Waals surface area (Å²) in [6.07, 6.45) is 7.70. The predicted octanol–water partition coefficient (Wildman–Crippen LogP) is 3.67. The SMILES string of the molecule is CC(c1ccc2scnc2c1)N1CCC2(CC1)CC(=O)N(c1cncnc1)C2. The smallest absolute Gasteiger partial charge is 0.227 e. The van der Waals surface area contributed by atoms with E-state index in [-0.39, 0.29) is 11.3 Å². The Balaban J connectivity index is 1.27. The van der Waals surface area contributed by atoms with E-state index in [0.717, 1.165) is 43.7 Å². The van der Waals surface area contributed by atoms with E-state index >= 15 is 0 Å². The van der Waals surface area contributed by atoms with Gasteiger partial charge in [-0.2, -0.15) is 0 Å². The Bertz CT molecular complexity index is 996. The third-order valence-corrected chi connectivity index (χ3v) is 7.23. The number of carbonyl (C=O) groups is 1. The number of rotatable bonds is 3. The molecule has 1 atom stereocenters. The molecule has 2 aliphatic heterocycles. The monoisotopic (exact) mass is 393 g/mol. The van der Waals surface area contributed by atoms with E-state index in [1.54, 1.807) is 23.7 Å². The van der Waals surface area contributed by atoms with Gasteiger partial charge < -0.3 is 4.90 Å². The average Bonchev–Trinajstić information content (AvgIpc) is 3.32. The number of benzene rings is 1. The van der Waals surface area contributed by atoms with Crippen LogP contribution in [0.25, 0.3) is 10.2 Å². The number of hydrogen-bond acceptors (Lipinski definition) is 6. The molecule has 0 aliphatic carbocycles. The minimum absolute atomic E-state index is 0.0853. The van der Waals surface area contributed by atoms with Crippen molar-refractivity contribution in [3.63, 3.8) is 0 Å². The molecule has 2 saturated heterocycles. The first kappa shape index (κ1) is 17.7. The Labute approximate surface area is 168 Å². The Morgan fingerprint density at radius 2 is 1.96 bits per heavy atom. The number of aromatic nitrogens is 3. The number of likely N-dealkylation sites (tertiary alicyclic amines) is 1. The van der Waals surface area contributed by atoms with Crippen LogP contribution in [0.2, 0.25) is 0 Å². The lowest BCUT2D eigenvalue weighted by atomic mass is 9.77. The maximum absolute atomic E-state index is 12.6. The van der Waals surface area contributed by atoms with Crippen LogP contribution in [0.3, 0.4) is 0 Å². The molecule has 28 heavy (non-hydrogen) atoms. The third kappa shape index (κ3) is 3.08. The summed E-state index contributed by atoms with van der Waals surface area (Å²) in [7, 11) is 0. The molecule has 2 aliphatic rings. The number of carbonyl (C=O) groups excluding carboxylic acids is 1. The zero-order chi connectivity index (χ0) is 19.1. The number of piperidine rings is 1. The van der Waals surface area contributed by atoms with Gasteiger partial charge in [0, 0.05) is 19.0 Å². The Hall–Kier alpha value is -2.38. The average molecular weight is 394 g/mol. The van der Waals surface area contributed by atoms with Crippen LogP contribution in [0.5, 0.6) is 0 Å². The van der Waals surface area contributed by atoms with E-state index in [1.165, 1.54) is 16.6 Å². The lowest BCUT2D eigenvalue weighted by molar-refractivity contribution is -0.118. The molecule has 1 amide bonds. The first-order valence-corrected chi connectivity index (χ1v) is 10.6. The second-order valence-electron chi connectivity index (χ2n) is 8.04. The van der Waals surface area contributed by atoms with Crippen molar-refractivity contribution in [1.82, 2.24) is 19.9 Å². The molecule has 2 aromatic heterocycles. The standard InChI is InChI=1S/C21H23N5OS/c1-15(16-2-3-19-18(8-16)24-14-28-19)25-6-4-21(5-7-25)9-20(27)26(12-21)17-10-22-13-23-11-17/h2-3,8,10-11,13-15H,4-7,9,12H2,1H3. The second-order valence-corrected chi connectivity index (χ2v) is 8.93. The molecule has 1 aromatic carbocycles. The van der Waals surface area contributed by atoms with Crippen LogP contribution in [-0.2, 0) is 4.79 Å². The van der Waals surface area contributed by atoms with Crippen LogP contribution in [0.15, 0.2) is 42.4 Å². The van der Waals surface area contributed by atoms with E-state index in [4.69, 9.17) is 0 Å². The highest BCUT2D eigenvalue weighted by molar-refractivity contribution is 7.16. The topological polar surface area (TPSA) is 62.2 Å². The minimum Gasteiger partial charge on any atom is -0.309 e. The number of nitrogens with zero attached hydrogens (tertiary/aromatic N) is 5. The minimum atomic E-state index is 0.0853. The lowest BCUT2D eigenvalue weighted by Gasteiger charge is -2.41. The molecule has 144 valence electrons. The van der Waals surface area contributed by atoms with Gasteiger partial charge in [-0.05, 0) is 56.0 Å². The van der Waals surface area contributed by atoms with Gasteiger partial charge >= 0.3 is 0 Å². The van der Waals surface area contributed by atoms with E-state index in [9.17, 15) is 4.79 Å². The van der Waals surface area contributed by atoms with Crippen LogP contribution in [0, 0.1) is 5.41 Å². The molecule has 0 bridgehead atoms. The summed E-state index contributed by atoms with van der Waals surface area (Å²) >= 11 is 1.68. The molecule has 1 unspecified atom stereocenters. The fourth-order valence-corrected chi connectivity index (χ4v) is 5.29. The van der Waals surface area contributed by atoms with E-state index in [2.05, 4.69) is 45.0 Å². The summed E-state index contributed by atoms with van der Waals surface area (Å²) in [5, 5.41) is 0. The summed E-state index contributed by atoms with van der Waals surface area (Å²) in [5.74, 6) is 0.199. The summed E-state index contributed by atoms with van der Waals surface area (Å²) in [5.41, 5.74) is 5.22. The third-order valence-electron chi connectivity index (χ3n) is 6.42. The molecular formula is C21H23N5OS. The summed E-state index contributed by atoms with van der Waals surface area (Å²) in [6.45, 7) is 5.09. The van der Waals surface area contributed by atoms with E-state index in [0.29, 0.717) is 12.5 Å². The molecule has 4 heterocycles. The Morgan fingerprint density at radius 3 is 2.75 bits per heavy atom. The first-order valence-electron chi connectivity index (χ1n) is 9.76. The maximum atomic E-state index is 12.6. The highest BCUT2D eigenvalue weighted by Gasteiger charge is 2.45. The zero-order valence-corrected chi connectivity index (χ0v) is 16.7. The van der Waals surface area contributed by atoms with Crippen LogP contribution in [0.4, 0.5) is 5.69 Å². The fourth-order valence-electron chi connectivity index (χ4n) is 4.63. The van der Waals surface area contributed by atoms with E-state index < -0.39 is 0 Å². The van der Waals surface area contributed by atoms with Crippen molar-refractivity contribution in [1.29, 1.82) is 0 Å². The van der Waals surface area contributed by atoms with Gasteiger partial charge in [-0.15, -0.1) is 11.3 Å². The summed E-state index contributed by atoms with van der Waals surface area (Å²) in [6, 6.07) is 6.99. The number of fused-ring (bicyclic) bond motifs is 1. The molecule has 5 rings (SSSR count). The fraction of sp³-hybridized carbons (Fsp3) is 0.429. The van der Waals surface area contributed by atoms with Crippen molar-refractivity contribution in [3.05, 3.63) is 48.0 Å². The van der Waals surface area contributed by atoms with Crippen molar-refractivity contribution in [3.8, 4) is 0 Å². The highest BCUT2D eigenvalue weighted by atomic mass is 32.1. The van der Waals surface area contributed by atoms with Gasteiger partial charge in [0.2, 0.25) is 5.91 Å². The highest BCUT2D eigenvalue weighted by Crippen LogP contribution is 2.43. The largest absolute Gasteiger partial charge is 0.309 e. The molecule has 3 aromatic rings. The number of amides is 1. The van der Waals surface area contributed by atoms with Crippen molar-refractivity contribution < 1.29 is 4.79 Å². The quantitative estimate of drug-likeness (QED) is 0.679. The summed E-state index contributed by atoms with van der Waals surface area (Å²) in [4.78, 5) is 29.6. The molecule has 0 saturated carbocycles. The molecule has 6 nitrogen and oxygen atoms in total. The van der Waals surface area contributed by atoms with Crippen molar-refractivity contribution in [2.24, 2.45) is 5.41 Å². The van der Waals surface area contributed by atoms with Gasteiger partial charge in [0.1, 0.15) is 6.33 Å². The van der Waals surface area contributed by atoms with Crippen molar-refractivity contribution in [2.45, 2.75) is 32.2 Å². The van der Waals surface area contributed by atoms with Crippen LogP contribution in [-0.4, -0.2) is 45.4 Å². The molecule has 0 radical (unpaired) electrons. The van der Waals surface area contributed by atoms with E-state index in [1.807, 2.05) is 10.4 Å². The van der Waals surface area contributed by atoms with Gasteiger partial charge in [-0.3, -0.25) is 9.69 Å². The molecule has 2 fully saturated rings. The van der Waals surface area contributed by atoms with Crippen LogP contribution >= 0.6 is 11.3 Å². The van der Waals surface area contributed by atoms with Gasteiger partial charge in [-0.25, -0.2) is 15.0 Å². The number of anilines is 1. The van der Waals surface area contributed by atoms with Gasteiger partial charge in [0.25, 0.3) is 0 Å². The lowest BCUT2D eigenvalue weighted by Crippen LogP contribution is -2.42. The number of thiazole rings is 1. The van der Waals surface area contributed by atoms with Gasteiger partial charge in [-0.1, -0.05) is 6.07 Å². The predicted molar refractivity (Wildman–Crippen MR) is 110 cm³/mol. The van der Waals surface area contributed by atoms with Crippen LogP contribution in [0.1, 0.15) is 37.8 Å². The van der Waals surface area contributed by atoms with Gasteiger partial charge in [0.05, 0.1) is 33.8 Å². The zero-order valence-electron chi connectivity index (χ0n) is 15.9. The van der Waals surface area contributed by atoms with Gasteiger partial charge in [0.15, 0.2) is 0 Å². The van der Waals surface area contributed by atoms with Crippen molar-refractivity contribution in [2.75, 3.05) is 24.5 Å².